The van der Waals surface area contributed by atoms with Crippen LogP contribution in [0, 0.1) is 5.92 Å². The number of hydrogen-bond acceptors (Lipinski definition) is 5. The Morgan fingerprint density at radius 3 is 2.32 bits per heavy atom. The highest BCUT2D eigenvalue weighted by atomic mass is 16.7. The number of carbonyl (C=O) groups is 3. The highest BCUT2D eigenvalue weighted by Crippen LogP contribution is 2.17. The number of ether oxygens (including phenoxy) is 1. The van der Waals surface area contributed by atoms with E-state index in [1.54, 1.807) is 6.07 Å². The standard InChI is InChI=1S/C25H31NO5/c1-18(15-20-11-8-12-21(16-20)24(29)30-25(2,3)4)13-14-22(27)26-31-23(28)17-19-9-6-5-7-10-19/h5-12,16,18H,13-15,17H2,1-4H3,(H,26,27). The molecular formula is C25H31NO5. The summed E-state index contributed by atoms with van der Waals surface area (Å²) in [6.07, 6.45) is 1.69. The van der Waals surface area contributed by atoms with E-state index in [1.807, 2.05) is 76.2 Å². The van der Waals surface area contributed by atoms with Gasteiger partial charge in [0.05, 0.1) is 12.0 Å². The van der Waals surface area contributed by atoms with Crippen molar-refractivity contribution in [3.63, 3.8) is 0 Å². The maximum absolute atomic E-state index is 12.2. The Kier molecular flexibility index (Phi) is 8.79. The molecule has 0 bridgehead atoms. The lowest BCUT2D eigenvalue weighted by Crippen LogP contribution is -2.28. The van der Waals surface area contributed by atoms with Gasteiger partial charge in [0.1, 0.15) is 5.60 Å². The van der Waals surface area contributed by atoms with Crippen molar-refractivity contribution in [1.29, 1.82) is 0 Å². The van der Waals surface area contributed by atoms with Gasteiger partial charge in [-0.1, -0.05) is 49.4 Å². The molecule has 0 saturated heterocycles. The molecule has 2 aromatic carbocycles. The number of esters is 1. The largest absolute Gasteiger partial charge is 0.456 e. The molecule has 2 aromatic rings. The summed E-state index contributed by atoms with van der Waals surface area (Å²) in [5.74, 6) is -0.985. The summed E-state index contributed by atoms with van der Waals surface area (Å²) in [5, 5.41) is 0. The summed E-state index contributed by atoms with van der Waals surface area (Å²) in [6.45, 7) is 7.54. The van der Waals surface area contributed by atoms with E-state index in [9.17, 15) is 14.4 Å². The van der Waals surface area contributed by atoms with Crippen LogP contribution < -0.4 is 5.48 Å². The zero-order valence-electron chi connectivity index (χ0n) is 18.6. The van der Waals surface area contributed by atoms with E-state index in [4.69, 9.17) is 9.57 Å². The molecule has 1 atom stereocenters. The number of hydroxylamine groups is 1. The quantitative estimate of drug-likeness (QED) is 0.500. The zero-order chi connectivity index (χ0) is 22.9. The number of carbonyl (C=O) groups excluding carboxylic acids is 3. The van der Waals surface area contributed by atoms with Gasteiger partial charge in [-0.25, -0.2) is 9.59 Å². The van der Waals surface area contributed by atoms with Crippen molar-refractivity contribution in [2.24, 2.45) is 5.92 Å². The van der Waals surface area contributed by atoms with Crippen molar-refractivity contribution in [2.45, 2.75) is 59.0 Å². The molecule has 0 aromatic heterocycles. The van der Waals surface area contributed by atoms with Crippen LogP contribution in [-0.4, -0.2) is 23.4 Å². The summed E-state index contributed by atoms with van der Waals surface area (Å²) in [4.78, 5) is 40.9. The third-order valence-electron chi connectivity index (χ3n) is 4.48. The Labute approximate surface area is 183 Å². The highest BCUT2D eigenvalue weighted by molar-refractivity contribution is 5.89. The lowest BCUT2D eigenvalue weighted by Gasteiger charge is -2.19. The Hall–Kier alpha value is -3.15. The second-order valence-corrected chi connectivity index (χ2v) is 8.71. The smallest absolute Gasteiger partial charge is 0.338 e. The third kappa shape index (κ3) is 9.47. The van der Waals surface area contributed by atoms with Gasteiger partial charge in [0.2, 0.25) is 0 Å². The highest BCUT2D eigenvalue weighted by Gasteiger charge is 2.18. The molecule has 0 aliphatic rings. The molecule has 31 heavy (non-hydrogen) atoms. The van der Waals surface area contributed by atoms with E-state index < -0.39 is 11.6 Å². The fraction of sp³-hybridized carbons (Fsp3) is 0.400. The van der Waals surface area contributed by atoms with Gasteiger partial charge < -0.3 is 9.57 Å². The molecule has 6 nitrogen and oxygen atoms in total. The van der Waals surface area contributed by atoms with E-state index in [0.717, 1.165) is 17.5 Å². The van der Waals surface area contributed by atoms with Gasteiger partial charge in [-0.2, -0.15) is 5.48 Å². The lowest BCUT2D eigenvalue weighted by molar-refractivity contribution is -0.157. The molecule has 1 N–H and O–H groups in total. The average molecular weight is 426 g/mol. The first-order valence-electron chi connectivity index (χ1n) is 10.5. The van der Waals surface area contributed by atoms with Gasteiger partial charge in [0, 0.05) is 6.42 Å². The molecule has 6 heteroatoms. The predicted octanol–water partition coefficient (Wildman–Crippen LogP) is 4.42. The minimum atomic E-state index is -0.543. The Balaban J connectivity index is 1.74. The molecule has 1 unspecified atom stereocenters. The minimum Gasteiger partial charge on any atom is -0.456 e. The lowest BCUT2D eigenvalue weighted by atomic mass is 9.95. The van der Waals surface area contributed by atoms with Crippen LogP contribution in [-0.2, 0) is 32.0 Å². The van der Waals surface area contributed by atoms with Crippen LogP contribution in [0.15, 0.2) is 54.6 Å². The monoisotopic (exact) mass is 425 g/mol. The third-order valence-corrected chi connectivity index (χ3v) is 4.48. The maximum atomic E-state index is 12.2. The molecule has 2 rings (SSSR count). The van der Waals surface area contributed by atoms with Gasteiger partial charge in [0.25, 0.3) is 5.91 Å². The number of rotatable bonds is 8. The van der Waals surface area contributed by atoms with Crippen LogP contribution in [0.25, 0.3) is 0 Å². The van der Waals surface area contributed by atoms with E-state index in [0.29, 0.717) is 12.0 Å². The Bertz CT molecular complexity index is 886. The van der Waals surface area contributed by atoms with Crippen LogP contribution >= 0.6 is 0 Å². The van der Waals surface area contributed by atoms with E-state index in [1.165, 1.54) is 0 Å². The number of benzene rings is 2. The van der Waals surface area contributed by atoms with Crippen molar-refractivity contribution in [2.75, 3.05) is 0 Å². The van der Waals surface area contributed by atoms with Crippen LogP contribution in [0.5, 0.6) is 0 Å². The second kappa shape index (κ2) is 11.3. The van der Waals surface area contributed by atoms with Crippen LogP contribution in [0.3, 0.4) is 0 Å². The van der Waals surface area contributed by atoms with Crippen LogP contribution in [0.4, 0.5) is 0 Å². The summed E-state index contributed by atoms with van der Waals surface area (Å²) in [6, 6.07) is 16.5. The molecule has 1 amide bonds. The SMILES string of the molecule is CC(CCC(=O)NOC(=O)Cc1ccccc1)Cc1cccc(C(=O)OC(C)(C)C)c1. The van der Waals surface area contributed by atoms with Crippen molar-refractivity contribution < 1.29 is 24.0 Å². The molecule has 0 fully saturated rings. The van der Waals surface area contributed by atoms with Crippen LogP contribution in [0.2, 0.25) is 0 Å². The second-order valence-electron chi connectivity index (χ2n) is 8.71. The molecular weight excluding hydrogens is 394 g/mol. The predicted molar refractivity (Wildman–Crippen MR) is 118 cm³/mol. The first-order valence-corrected chi connectivity index (χ1v) is 10.5. The Morgan fingerprint density at radius 1 is 0.968 bits per heavy atom. The van der Waals surface area contributed by atoms with Gasteiger partial charge in [-0.05, 0) is 62.8 Å². The molecule has 0 aliphatic carbocycles. The fourth-order valence-corrected chi connectivity index (χ4v) is 3.01. The van der Waals surface area contributed by atoms with E-state index in [2.05, 4.69) is 5.48 Å². The molecule has 0 aliphatic heterocycles. The molecule has 0 spiro atoms. The van der Waals surface area contributed by atoms with Gasteiger partial charge >= 0.3 is 11.9 Å². The fourth-order valence-electron chi connectivity index (χ4n) is 3.01. The normalized spacial score (nSPS) is 12.0. The summed E-state index contributed by atoms with van der Waals surface area (Å²) < 4.78 is 5.41. The molecule has 166 valence electrons. The summed E-state index contributed by atoms with van der Waals surface area (Å²) in [7, 11) is 0. The van der Waals surface area contributed by atoms with Crippen molar-refractivity contribution in [1.82, 2.24) is 5.48 Å². The average Bonchev–Trinajstić information content (AvgIpc) is 2.70. The first-order chi connectivity index (χ1) is 14.6. The van der Waals surface area contributed by atoms with Gasteiger partial charge in [0.15, 0.2) is 0 Å². The van der Waals surface area contributed by atoms with Crippen molar-refractivity contribution >= 4 is 17.8 Å². The number of nitrogens with one attached hydrogen (secondary N) is 1. The molecule has 0 heterocycles. The first kappa shape index (κ1) is 24.1. The van der Waals surface area contributed by atoms with E-state index >= 15 is 0 Å². The zero-order valence-corrected chi connectivity index (χ0v) is 18.6. The Morgan fingerprint density at radius 2 is 1.65 bits per heavy atom. The van der Waals surface area contributed by atoms with Gasteiger partial charge in [-0.3, -0.25) is 4.79 Å². The van der Waals surface area contributed by atoms with Crippen LogP contribution in [0.1, 0.15) is 62.0 Å². The van der Waals surface area contributed by atoms with Crippen molar-refractivity contribution in [3.05, 3.63) is 71.3 Å². The summed E-state index contributed by atoms with van der Waals surface area (Å²) >= 11 is 0. The van der Waals surface area contributed by atoms with Gasteiger partial charge in [-0.15, -0.1) is 0 Å². The molecule has 0 radical (unpaired) electrons. The molecule has 0 saturated carbocycles. The number of hydrogen-bond donors (Lipinski definition) is 1. The van der Waals surface area contributed by atoms with Crippen molar-refractivity contribution in [3.8, 4) is 0 Å². The topological polar surface area (TPSA) is 81.7 Å². The number of amides is 1. The minimum absolute atomic E-state index is 0.103. The maximum Gasteiger partial charge on any atom is 0.338 e. The summed E-state index contributed by atoms with van der Waals surface area (Å²) in [5.41, 5.74) is 4.02. The van der Waals surface area contributed by atoms with E-state index in [-0.39, 0.29) is 30.6 Å².